The smallest absolute Gasteiger partial charge is 0.360 e. The molecule has 0 aromatic heterocycles. The van der Waals surface area contributed by atoms with Crippen LogP contribution in [0.25, 0.3) is 0 Å². The first kappa shape index (κ1) is 14.6. The Hall–Kier alpha value is -2.51. The van der Waals surface area contributed by atoms with E-state index in [0.717, 1.165) is 18.3 Å². The number of hydrazone groups is 1. The number of nitrogens with zero attached hydrogens (tertiary/aromatic N) is 2. The van der Waals surface area contributed by atoms with Gasteiger partial charge in [-0.3, -0.25) is 5.43 Å². The number of nitrogens with one attached hydrogen (secondary N) is 1. The summed E-state index contributed by atoms with van der Waals surface area (Å²) in [6, 6.07) is 2.98. The van der Waals surface area contributed by atoms with E-state index in [-0.39, 0.29) is 18.0 Å². The molecule has 0 unspecified atom stereocenters. The van der Waals surface area contributed by atoms with Crippen molar-refractivity contribution in [2.24, 2.45) is 10.3 Å². The van der Waals surface area contributed by atoms with Gasteiger partial charge in [0.1, 0.15) is 6.21 Å². The average molecular weight is 271 g/mol. The molecule has 0 saturated carbocycles. The monoisotopic (exact) mass is 271 g/mol. The summed E-state index contributed by atoms with van der Waals surface area (Å²) >= 11 is 0. The number of hydrogen-bond donors (Lipinski definition) is 2. The molecule has 0 aliphatic carbocycles. The second kappa shape index (κ2) is 7.04. The van der Waals surface area contributed by atoms with E-state index in [0.29, 0.717) is 0 Å². The summed E-state index contributed by atoms with van der Waals surface area (Å²) in [5, 5.41) is 14.6. The van der Waals surface area contributed by atoms with E-state index in [1.807, 2.05) is 0 Å². The molecule has 0 heterocycles. The predicted molar refractivity (Wildman–Crippen MR) is 64.3 cm³/mol. The van der Waals surface area contributed by atoms with Crippen molar-refractivity contribution in [2.75, 3.05) is 12.0 Å². The molecule has 0 aliphatic rings. The molecule has 0 bridgehead atoms. The third kappa shape index (κ3) is 4.34. The van der Waals surface area contributed by atoms with Gasteiger partial charge in [-0.2, -0.15) is 5.10 Å². The highest BCUT2D eigenvalue weighted by atomic mass is 19.2. The van der Waals surface area contributed by atoms with E-state index in [1.54, 1.807) is 6.92 Å². The first-order valence-electron chi connectivity index (χ1n) is 5.21. The van der Waals surface area contributed by atoms with Crippen molar-refractivity contribution in [2.45, 2.75) is 6.92 Å². The Morgan fingerprint density at radius 1 is 1.47 bits per heavy atom. The van der Waals surface area contributed by atoms with Crippen LogP contribution < -0.4 is 5.43 Å². The first-order chi connectivity index (χ1) is 9.08. The minimum atomic E-state index is -1.06. The van der Waals surface area contributed by atoms with Gasteiger partial charge in [-0.05, 0) is 19.1 Å². The van der Waals surface area contributed by atoms with Crippen LogP contribution in [0.4, 0.5) is 14.5 Å². The molecule has 0 fully saturated rings. The normalized spacial score (nSPS) is 11.6. The molecule has 0 radical (unpaired) electrons. The summed E-state index contributed by atoms with van der Waals surface area (Å²) in [6.45, 7) is 1.71. The van der Waals surface area contributed by atoms with Gasteiger partial charge >= 0.3 is 5.97 Å². The van der Waals surface area contributed by atoms with E-state index in [1.165, 1.54) is 6.07 Å². The van der Waals surface area contributed by atoms with Crippen molar-refractivity contribution in [3.63, 3.8) is 0 Å². The lowest BCUT2D eigenvalue weighted by atomic mass is 10.3. The summed E-state index contributed by atoms with van der Waals surface area (Å²) < 4.78 is 30.2. The van der Waals surface area contributed by atoms with Crippen LogP contribution in [0.3, 0.4) is 0 Å². The van der Waals surface area contributed by atoms with E-state index < -0.39 is 17.6 Å². The minimum absolute atomic E-state index is 0.113. The number of esters is 1. The number of hydrogen-bond acceptors (Lipinski definition) is 6. The third-order valence-corrected chi connectivity index (χ3v) is 1.89. The molecule has 19 heavy (non-hydrogen) atoms. The standard InChI is InChI=1S/C11H11F2N3O3/c1-2-19-11(17)10(6-14-18)16-15-7-3-4-8(12)9(13)5-7/h3-6,15,18H,2H2,1H3/b14-6+,16-10+. The third-order valence-electron chi connectivity index (χ3n) is 1.89. The lowest BCUT2D eigenvalue weighted by Crippen LogP contribution is -2.20. The maximum Gasteiger partial charge on any atom is 0.360 e. The number of ether oxygens (including phenoxy) is 1. The van der Waals surface area contributed by atoms with Crippen LogP contribution in [0, 0.1) is 11.6 Å². The fraction of sp³-hybridized carbons (Fsp3) is 0.182. The van der Waals surface area contributed by atoms with Crippen LogP contribution in [0.2, 0.25) is 0 Å². The second-order valence-corrected chi connectivity index (χ2v) is 3.20. The van der Waals surface area contributed by atoms with Gasteiger partial charge in [-0.25, -0.2) is 13.6 Å². The lowest BCUT2D eigenvalue weighted by Gasteiger charge is -2.03. The zero-order chi connectivity index (χ0) is 14.3. The lowest BCUT2D eigenvalue weighted by molar-refractivity contribution is -0.134. The number of halogens is 2. The van der Waals surface area contributed by atoms with Crippen LogP contribution in [0.5, 0.6) is 0 Å². The maximum atomic E-state index is 12.9. The maximum absolute atomic E-state index is 12.9. The fourth-order valence-corrected chi connectivity index (χ4v) is 1.08. The summed E-state index contributed by atoms with van der Waals surface area (Å²) in [6.07, 6.45) is 0.755. The summed E-state index contributed by atoms with van der Waals surface area (Å²) in [5.74, 6) is -2.89. The van der Waals surface area contributed by atoms with Crippen molar-refractivity contribution in [1.82, 2.24) is 0 Å². The molecule has 0 spiro atoms. The van der Waals surface area contributed by atoms with Crippen LogP contribution in [0.1, 0.15) is 6.92 Å². The van der Waals surface area contributed by atoms with Crippen molar-refractivity contribution in [1.29, 1.82) is 0 Å². The molecule has 2 N–H and O–H groups in total. The Balaban J connectivity index is 2.85. The van der Waals surface area contributed by atoms with Gasteiger partial charge in [-0.1, -0.05) is 5.16 Å². The van der Waals surface area contributed by atoms with E-state index in [2.05, 4.69) is 20.4 Å². The Labute approximate surface area is 107 Å². The number of anilines is 1. The van der Waals surface area contributed by atoms with Crippen LogP contribution in [-0.4, -0.2) is 29.7 Å². The van der Waals surface area contributed by atoms with Gasteiger partial charge in [0.15, 0.2) is 17.3 Å². The van der Waals surface area contributed by atoms with Gasteiger partial charge in [0.05, 0.1) is 12.3 Å². The van der Waals surface area contributed by atoms with Gasteiger partial charge in [0.25, 0.3) is 0 Å². The van der Waals surface area contributed by atoms with Gasteiger partial charge in [-0.15, -0.1) is 0 Å². The molecule has 0 amide bonds. The molecule has 1 aromatic rings. The van der Waals surface area contributed by atoms with Crippen LogP contribution in [0.15, 0.2) is 28.5 Å². The van der Waals surface area contributed by atoms with E-state index >= 15 is 0 Å². The zero-order valence-electron chi connectivity index (χ0n) is 9.93. The Morgan fingerprint density at radius 3 is 2.79 bits per heavy atom. The number of benzene rings is 1. The number of carbonyl (C=O) groups excluding carboxylic acids is 1. The fourth-order valence-electron chi connectivity index (χ4n) is 1.08. The number of rotatable bonds is 5. The Kier molecular flexibility index (Phi) is 5.39. The molecule has 0 atom stereocenters. The molecule has 1 rings (SSSR count). The van der Waals surface area contributed by atoms with Gasteiger partial charge < -0.3 is 9.94 Å². The zero-order valence-corrected chi connectivity index (χ0v) is 9.93. The SMILES string of the molecule is CCOC(=O)C(/C=N/O)=N/Nc1ccc(F)c(F)c1. The van der Waals surface area contributed by atoms with Crippen LogP contribution >= 0.6 is 0 Å². The first-order valence-corrected chi connectivity index (χ1v) is 5.21. The minimum Gasteiger partial charge on any atom is -0.461 e. The highest BCUT2D eigenvalue weighted by Crippen LogP contribution is 2.12. The highest BCUT2D eigenvalue weighted by molar-refractivity contribution is 6.59. The van der Waals surface area contributed by atoms with Crippen molar-refractivity contribution in [3.8, 4) is 0 Å². The molecule has 1 aromatic carbocycles. The number of carbonyl (C=O) groups is 1. The average Bonchev–Trinajstić information content (AvgIpc) is 2.38. The molecule has 102 valence electrons. The van der Waals surface area contributed by atoms with Gasteiger partial charge in [0, 0.05) is 6.07 Å². The molecule has 8 heteroatoms. The molecular weight excluding hydrogens is 260 g/mol. The highest BCUT2D eigenvalue weighted by Gasteiger charge is 2.11. The summed E-state index contributed by atoms with van der Waals surface area (Å²) in [4.78, 5) is 11.3. The van der Waals surface area contributed by atoms with Gasteiger partial charge in [0.2, 0.25) is 0 Å². The van der Waals surface area contributed by atoms with E-state index in [9.17, 15) is 13.6 Å². The topological polar surface area (TPSA) is 83.3 Å². The second-order valence-electron chi connectivity index (χ2n) is 3.20. The van der Waals surface area contributed by atoms with Crippen molar-refractivity contribution < 1.29 is 23.5 Å². The Morgan fingerprint density at radius 2 is 2.21 bits per heavy atom. The molecule has 0 saturated heterocycles. The quantitative estimate of drug-likeness (QED) is 0.370. The molecule has 0 aliphatic heterocycles. The van der Waals surface area contributed by atoms with E-state index in [4.69, 9.17) is 5.21 Å². The largest absolute Gasteiger partial charge is 0.461 e. The molecule has 6 nitrogen and oxygen atoms in total. The Bertz CT molecular complexity index is 518. The molecular formula is C11H11F2N3O3. The van der Waals surface area contributed by atoms with Crippen molar-refractivity contribution in [3.05, 3.63) is 29.8 Å². The van der Waals surface area contributed by atoms with Crippen molar-refractivity contribution >= 4 is 23.6 Å². The summed E-state index contributed by atoms with van der Waals surface area (Å²) in [7, 11) is 0. The predicted octanol–water partition coefficient (Wildman–Crippen LogP) is 1.76. The number of oxime groups is 1. The summed E-state index contributed by atoms with van der Waals surface area (Å²) in [5.41, 5.74) is 2.11. The van der Waals surface area contributed by atoms with Crippen LogP contribution in [-0.2, 0) is 9.53 Å².